The summed E-state index contributed by atoms with van der Waals surface area (Å²) in [5.41, 5.74) is 4.49. The van der Waals surface area contributed by atoms with E-state index in [0.717, 1.165) is 54.2 Å². The van der Waals surface area contributed by atoms with Crippen LogP contribution in [0.1, 0.15) is 10.6 Å². The summed E-state index contributed by atoms with van der Waals surface area (Å²) in [5, 5.41) is 6.78. The highest BCUT2D eigenvalue weighted by Gasteiger charge is 2.24. The number of anilines is 2. The van der Waals surface area contributed by atoms with Gasteiger partial charge in [-0.2, -0.15) is 0 Å². The van der Waals surface area contributed by atoms with Crippen LogP contribution in [0.5, 0.6) is 0 Å². The minimum Gasteiger partial charge on any atom is -0.459 e. The fourth-order valence-electron chi connectivity index (χ4n) is 4.77. The lowest BCUT2D eigenvalue weighted by Gasteiger charge is -2.35. The number of aromatic nitrogens is 3. The van der Waals surface area contributed by atoms with Gasteiger partial charge in [0.1, 0.15) is 5.52 Å². The Labute approximate surface area is 214 Å². The van der Waals surface area contributed by atoms with Crippen molar-refractivity contribution in [1.29, 1.82) is 0 Å². The predicted octanol–water partition coefficient (Wildman–Crippen LogP) is 2.65. The van der Waals surface area contributed by atoms with E-state index >= 15 is 0 Å². The van der Waals surface area contributed by atoms with E-state index in [2.05, 4.69) is 49.8 Å². The third-order valence-corrected chi connectivity index (χ3v) is 6.79. The lowest BCUT2D eigenvalue weighted by Crippen LogP contribution is -2.48. The second kappa shape index (κ2) is 10.5. The first-order valence-electron chi connectivity index (χ1n) is 12.6. The van der Waals surface area contributed by atoms with E-state index in [4.69, 9.17) is 14.1 Å². The molecule has 0 aliphatic carbocycles. The fourth-order valence-corrected chi connectivity index (χ4v) is 4.77. The van der Waals surface area contributed by atoms with Gasteiger partial charge in [0.15, 0.2) is 11.6 Å². The lowest BCUT2D eigenvalue weighted by atomic mass is 10.1. The summed E-state index contributed by atoms with van der Waals surface area (Å²) >= 11 is 0. The molecule has 2 aliphatic rings. The minimum atomic E-state index is -0.0544. The summed E-state index contributed by atoms with van der Waals surface area (Å²) < 4.78 is 11.1. The van der Waals surface area contributed by atoms with Crippen molar-refractivity contribution in [3.63, 3.8) is 0 Å². The molecule has 2 aliphatic heterocycles. The maximum Gasteiger partial charge on any atom is 0.289 e. The van der Waals surface area contributed by atoms with Gasteiger partial charge >= 0.3 is 0 Å². The third kappa shape index (κ3) is 5.11. The van der Waals surface area contributed by atoms with Crippen LogP contribution in [0.2, 0.25) is 0 Å². The second-order valence-electron chi connectivity index (χ2n) is 9.16. The number of amides is 1. The molecule has 10 nitrogen and oxygen atoms in total. The molecule has 0 radical (unpaired) electrons. The number of hydrogen-bond donors (Lipinski definition) is 2. The second-order valence-corrected chi connectivity index (χ2v) is 9.16. The van der Waals surface area contributed by atoms with E-state index in [-0.39, 0.29) is 12.0 Å². The van der Waals surface area contributed by atoms with Crippen LogP contribution < -0.4 is 15.5 Å². The molecule has 1 aromatic carbocycles. The Morgan fingerprint density at radius 2 is 1.92 bits per heavy atom. The van der Waals surface area contributed by atoms with Gasteiger partial charge in [0.05, 0.1) is 30.2 Å². The van der Waals surface area contributed by atoms with E-state index < -0.39 is 0 Å². The standard InChI is InChI=1S/C27H29N7O3/c35-27(24-2-1-14-37-24)34-12-10-33(11-13-34)20-5-3-19(4-6-20)22-16-23-25(30-8-7-29-23)26(32-22)31-18-21-17-28-9-15-36-21/h1-8,14,16,21,28H,9-13,15,17-18H2,(H,31,32). The predicted molar refractivity (Wildman–Crippen MR) is 141 cm³/mol. The smallest absolute Gasteiger partial charge is 0.289 e. The van der Waals surface area contributed by atoms with Gasteiger partial charge in [0.25, 0.3) is 5.91 Å². The Kier molecular flexibility index (Phi) is 6.66. The molecule has 1 unspecified atom stereocenters. The molecule has 1 amide bonds. The SMILES string of the molecule is O=C(c1ccco1)N1CCN(c2ccc(-c3cc4nccnc4c(NCC4CNCCO4)n3)cc2)CC1. The molecule has 1 atom stereocenters. The van der Waals surface area contributed by atoms with Crippen molar-refractivity contribution in [3.8, 4) is 11.3 Å². The van der Waals surface area contributed by atoms with Gasteiger partial charge < -0.3 is 29.6 Å². The van der Waals surface area contributed by atoms with Gasteiger partial charge in [-0.05, 0) is 30.3 Å². The Bertz CT molecular complexity index is 1350. The van der Waals surface area contributed by atoms with Gasteiger partial charge in [-0.3, -0.25) is 9.78 Å². The largest absolute Gasteiger partial charge is 0.459 e. The van der Waals surface area contributed by atoms with Gasteiger partial charge in [0.2, 0.25) is 0 Å². The Morgan fingerprint density at radius 3 is 2.68 bits per heavy atom. The molecule has 2 N–H and O–H groups in total. The summed E-state index contributed by atoms with van der Waals surface area (Å²) in [5.74, 6) is 1.04. The molecule has 190 valence electrons. The molecule has 2 saturated heterocycles. The van der Waals surface area contributed by atoms with E-state index in [9.17, 15) is 4.79 Å². The molecule has 10 heteroatoms. The Balaban J connectivity index is 1.16. The van der Waals surface area contributed by atoms with E-state index in [1.54, 1.807) is 24.5 Å². The minimum absolute atomic E-state index is 0.0544. The maximum absolute atomic E-state index is 12.5. The summed E-state index contributed by atoms with van der Waals surface area (Å²) in [4.78, 5) is 30.6. The van der Waals surface area contributed by atoms with E-state index in [0.29, 0.717) is 37.8 Å². The topological polar surface area (TPSA) is 109 Å². The number of nitrogens with zero attached hydrogens (tertiary/aromatic N) is 5. The van der Waals surface area contributed by atoms with E-state index in [1.807, 2.05) is 11.0 Å². The van der Waals surface area contributed by atoms with Crippen LogP contribution in [0.4, 0.5) is 11.5 Å². The molecule has 0 saturated carbocycles. The quantitative estimate of drug-likeness (QED) is 0.414. The van der Waals surface area contributed by atoms with Crippen LogP contribution in [0, 0.1) is 0 Å². The van der Waals surface area contributed by atoms with Gasteiger partial charge in [-0.25, -0.2) is 9.97 Å². The molecule has 3 aromatic heterocycles. The first kappa shape index (κ1) is 23.4. The first-order valence-corrected chi connectivity index (χ1v) is 12.6. The highest BCUT2D eigenvalue weighted by Crippen LogP contribution is 2.28. The number of hydrogen-bond acceptors (Lipinski definition) is 9. The number of rotatable bonds is 6. The van der Waals surface area contributed by atoms with Crippen molar-refractivity contribution < 1.29 is 13.9 Å². The number of piperazine rings is 1. The first-order chi connectivity index (χ1) is 18.2. The molecular formula is C27H29N7O3. The van der Waals surface area contributed by atoms with Crippen LogP contribution in [-0.2, 0) is 4.74 Å². The molecule has 37 heavy (non-hydrogen) atoms. The average Bonchev–Trinajstić information content (AvgIpc) is 3.51. The molecular weight excluding hydrogens is 470 g/mol. The van der Waals surface area contributed by atoms with Crippen molar-refractivity contribution in [1.82, 2.24) is 25.2 Å². The number of ether oxygens (including phenoxy) is 1. The number of nitrogens with one attached hydrogen (secondary N) is 2. The number of benzene rings is 1. The number of carbonyl (C=O) groups excluding carboxylic acids is 1. The fraction of sp³-hybridized carbons (Fsp3) is 0.333. The Hall–Kier alpha value is -4.02. The lowest BCUT2D eigenvalue weighted by molar-refractivity contribution is 0.0372. The number of pyridine rings is 1. The van der Waals surface area contributed by atoms with Crippen molar-refractivity contribution >= 4 is 28.4 Å². The molecule has 4 aromatic rings. The van der Waals surface area contributed by atoms with Crippen molar-refractivity contribution in [3.05, 3.63) is 66.9 Å². The number of furan rings is 1. The zero-order chi connectivity index (χ0) is 25.0. The summed E-state index contributed by atoms with van der Waals surface area (Å²) in [7, 11) is 0. The van der Waals surface area contributed by atoms with Crippen LogP contribution >= 0.6 is 0 Å². The van der Waals surface area contributed by atoms with Crippen molar-refractivity contribution in [2.45, 2.75) is 6.10 Å². The highest BCUT2D eigenvalue weighted by molar-refractivity contribution is 5.91. The highest BCUT2D eigenvalue weighted by atomic mass is 16.5. The molecule has 2 fully saturated rings. The Morgan fingerprint density at radius 1 is 1.08 bits per heavy atom. The molecule has 0 bridgehead atoms. The summed E-state index contributed by atoms with van der Waals surface area (Å²) in [6.45, 7) is 5.88. The number of fused-ring (bicyclic) bond motifs is 1. The normalized spacial score (nSPS) is 18.2. The van der Waals surface area contributed by atoms with Gasteiger partial charge in [-0.1, -0.05) is 12.1 Å². The van der Waals surface area contributed by atoms with Crippen LogP contribution in [-0.4, -0.2) is 84.3 Å². The van der Waals surface area contributed by atoms with E-state index in [1.165, 1.54) is 6.26 Å². The third-order valence-electron chi connectivity index (χ3n) is 6.79. The maximum atomic E-state index is 12.5. The molecule has 0 spiro atoms. The summed E-state index contributed by atoms with van der Waals surface area (Å²) in [6.07, 6.45) is 5.00. The molecule has 5 heterocycles. The summed E-state index contributed by atoms with van der Waals surface area (Å²) in [6, 6.07) is 13.8. The van der Waals surface area contributed by atoms with Crippen molar-refractivity contribution in [2.75, 3.05) is 62.6 Å². The van der Waals surface area contributed by atoms with Crippen LogP contribution in [0.25, 0.3) is 22.3 Å². The number of morpholine rings is 1. The average molecular weight is 500 g/mol. The number of carbonyl (C=O) groups is 1. The zero-order valence-electron chi connectivity index (χ0n) is 20.5. The van der Waals surface area contributed by atoms with Crippen LogP contribution in [0.3, 0.4) is 0 Å². The van der Waals surface area contributed by atoms with Gasteiger partial charge in [0, 0.05) is 69.5 Å². The monoisotopic (exact) mass is 499 g/mol. The zero-order valence-corrected chi connectivity index (χ0v) is 20.5. The molecule has 6 rings (SSSR count). The van der Waals surface area contributed by atoms with Crippen LogP contribution in [0.15, 0.2) is 65.5 Å². The van der Waals surface area contributed by atoms with Crippen molar-refractivity contribution in [2.24, 2.45) is 0 Å². The van der Waals surface area contributed by atoms with Gasteiger partial charge in [-0.15, -0.1) is 0 Å².